The Hall–Kier alpha value is -0.613. The normalized spacial score (nSPS) is 45.7. The van der Waals surface area contributed by atoms with Gasteiger partial charge >= 0.3 is 0 Å². The Labute approximate surface area is 167 Å². The van der Waals surface area contributed by atoms with Crippen molar-refractivity contribution in [2.45, 2.75) is 91.0 Å². The Morgan fingerprint density at radius 3 is 2.56 bits per heavy atom. The number of oxime groups is 1. The first-order chi connectivity index (χ1) is 12.7. The lowest BCUT2D eigenvalue weighted by Gasteiger charge is -2.56. The van der Waals surface area contributed by atoms with E-state index in [-0.39, 0.29) is 5.41 Å². The van der Waals surface area contributed by atoms with Crippen LogP contribution in [0, 0.1) is 28.6 Å². The maximum Gasteiger partial charge on any atom is 0.184 e. The first kappa shape index (κ1) is 19.7. The van der Waals surface area contributed by atoms with Gasteiger partial charge in [-0.05, 0) is 94.2 Å². The van der Waals surface area contributed by atoms with Crippen LogP contribution in [0.25, 0.3) is 0 Å². The molecule has 0 heterocycles. The van der Waals surface area contributed by atoms with Gasteiger partial charge in [0, 0.05) is 11.5 Å². The standard InChI is InChI=1S/C23H39NO2Si/c1-22-13-11-17(26-27(4,5)6)15-16(22)7-8-18-19-9-10-21(24-25-3)23(19,2)14-12-20(18)22/h12,16-19H,7-11,13-15H2,1-6H3/b24-21-/t16-,17+,18-,19-,22-,23-/m0/s1. The number of nitrogens with zero attached hydrogens (tertiary/aromatic N) is 1. The molecule has 6 atom stereocenters. The summed E-state index contributed by atoms with van der Waals surface area (Å²) >= 11 is 0. The quantitative estimate of drug-likeness (QED) is 0.328. The van der Waals surface area contributed by atoms with E-state index in [1.165, 1.54) is 44.2 Å². The Kier molecular flexibility index (Phi) is 4.90. The molecular weight excluding hydrogens is 350 g/mol. The fourth-order valence-corrected chi connectivity index (χ4v) is 8.37. The Balaban J connectivity index is 1.57. The molecule has 4 aliphatic carbocycles. The van der Waals surface area contributed by atoms with Gasteiger partial charge < -0.3 is 9.26 Å². The lowest BCUT2D eigenvalue weighted by atomic mass is 9.49. The van der Waals surface area contributed by atoms with Crippen LogP contribution in [0.2, 0.25) is 19.6 Å². The molecule has 4 aliphatic rings. The summed E-state index contributed by atoms with van der Waals surface area (Å²) in [6.45, 7) is 12.0. The van der Waals surface area contributed by atoms with Gasteiger partial charge in [-0.2, -0.15) is 0 Å². The lowest BCUT2D eigenvalue weighted by molar-refractivity contribution is 0.00334. The van der Waals surface area contributed by atoms with E-state index in [9.17, 15) is 0 Å². The molecule has 0 aromatic heterocycles. The first-order valence-electron chi connectivity index (χ1n) is 11.2. The Bertz CT molecular complexity index is 651. The minimum atomic E-state index is -1.44. The maximum atomic E-state index is 6.52. The summed E-state index contributed by atoms with van der Waals surface area (Å²) in [7, 11) is 0.253. The van der Waals surface area contributed by atoms with Crippen molar-refractivity contribution in [1.82, 2.24) is 0 Å². The highest BCUT2D eigenvalue weighted by molar-refractivity contribution is 6.69. The largest absolute Gasteiger partial charge is 0.415 e. The molecule has 27 heavy (non-hydrogen) atoms. The second-order valence-corrected chi connectivity index (χ2v) is 15.5. The summed E-state index contributed by atoms with van der Waals surface area (Å²) in [5, 5.41) is 4.43. The summed E-state index contributed by atoms with van der Waals surface area (Å²) in [6, 6.07) is 0. The molecule has 4 rings (SSSR count). The molecule has 0 aromatic rings. The molecule has 3 saturated carbocycles. The second kappa shape index (κ2) is 6.72. The van der Waals surface area contributed by atoms with Crippen LogP contribution in [0.1, 0.15) is 65.2 Å². The molecule has 152 valence electrons. The van der Waals surface area contributed by atoms with Gasteiger partial charge in [-0.25, -0.2) is 0 Å². The van der Waals surface area contributed by atoms with Crippen LogP contribution in [0.3, 0.4) is 0 Å². The van der Waals surface area contributed by atoms with Gasteiger partial charge in [0.1, 0.15) is 7.11 Å². The second-order valence-electron chi connectivity index (χ2n) is 11.1. The Morgan fingerprint density at radius 2 is 1.85 bits per heavy atom. The number of hydrogen-bond donors (Lipinski definition) is 0. The lowest BCUT2D eigenvalue weighted by Crippen LogP contribution is -2.49. The number of rotatable bonds is 3. The van der Waals surface area contributed by atoms with E-state index in [1.807, 2.05) is 5.57 Å². The monoisotopic (exact) mass is 389 g/mol. The summed E-state index contributed by atoms with van der Waals surface area (Å²) < 4.78 is 6.52. The summed E-state index contributed by atoms with van der Waals surface area (Å²) in [5.74, 6) is 2.34. The molecule has 0 radical (unpaired) electrons. The zero-order chi connectivity index (χ0) is 19.4. The van der Waals surface area contributed by atoms with Crippen LogP contribution < -0.4 is 0 Å². The fourth-order valence-electron chi connectivity index (χ4n) is 7.15. The summed E-state index contributed by atoms with van der Waals surface area (Å²) in [4.78, 5) is 5.19. The average molecular weight is 390 g/mol. The van der Waals surface area contributed by atoms with Crippen molar-refractivity contribution in [2.75, 3.05) is 7.11 Å². The van der Waals surface area contributed by atoms with Gasteiger partial charge in [0.2, 0.25) is 0 Å². The van der Waals surface area contributed by atoms with E-state index in [1.54, 1.807) is 7.11 Å². The molecule has 0 amide bonds. The molecule has 0 saturated heterocycles. The van der Waals surface area contributed by atoms with Gasteiger partial charge in [0.05, 0.1) is 5.71 Å². The van der Waals surface area contributed by atoms with Crippen molar-refractivity contribution in [3.05, 3.63) is 11.6 Å². The van der Waals surface area contributed by atoms with Gasteiger partial charge in [-0.15, -0.1) is 0 Å². The molecular formula is C23H39NO2Si. The van der Waals surface area contributed by atoms with Crippen LogP contribution >= 0.6 is 0 Å². The van der Waals surface area contributed by atoms with E-state index < -0.39 is 8.32 Å². The topological polar surface area (TPSA) is 30.8 Å². The van der Waals surface area contributed by atoms with Crippen LogP contribution in [-0.2, 0) is 9.26 Å². The van der Waals surface area contributed by atoms with Gasteiger partial charge in [0.25, 0.3) is 0 Å². The molecule has 0 spiro atoms. The van der Waals surface area contributed by atoms with Gasteiger partial charge in [-0.3, -0.25) is 0 Å². The van der Waals surface area contributed by atoms with Gasteiger partial charge in [0.15, 0.2) is 8.32 Å². The fraction of sp³-hybridized carbons (Fsp3) is 0.870. The Morgan fingerprint density at radius 1 is 1.07 bits per heavy atom. The van der Waals surface area contributed by atoms with Crippen LogP contribution in [0.4, 0.5) is 0 Å². The molecule has 3 nitrogen and oxygen atoms in total. The van der Waals surface area contributed by atoms with Crippen molar-refractivity contribution in [3.8, 4) is 0 Å². The van der Waals surface area contributed by atoms with E-state index in [2.05, 4.69) is 44.7 Å². The minimum Gasteiger partial charge on any atom is -0.415 e. The van der Waals surface area contributed by atoms with E-state index in [0.717, 1.165) is 30.6 Å². The third-order valence-corrected chi connectivity index (χ3v) is 9.48. The highest BCUT2D eigenvalue weighted by Crippen LogP contribution is 2.63. The van der Waals surface area contributed by atoms with Crippen molar-refractivity contribution in [1.29, 1.82) is 0 Å². The van der Waals surface area contributed by atoms with Crippen LogP contribution in [-0.4, -0.2) is 27.2 Å². The number of hydrogen-bond acceptors (Lipinski definition) is 3. The predicted octanol–water partition coefficient (Wildman–Crippen LogP) is 6.17. The molecule has 0 N–H and O–H groups in total. The van der Waals surface area contributed by atoms with Crippen molar-refractivity contribution >= 4 is 14.0 Å². The summed E-state index contributed by atoms with van der Waals surface area (Å²) in [5.41, 5.74) is 3.76. The molecule has 3 fully saturated rings. The van der Waals surface area contributed by atoms with Crippen LogP contribution in [0.15, 0.2) is 16.8 Å². The third kappa shape index (κ3) is 3.25. The maximum absolute atomic E-state index is 6.52. The third-order valence-electron chi connectivity index (χ3n) is 8.44. The average Bonchev–Trinajstić information content (AvgIpc) is 2.91. The first-order valence-corrected chi connectivity index (χ1v) is 14.6. The van der Waals surface area contributed by atoms with E-state index in [0.29, 0.717) is 11.5 Å². The van der Waals surface area contributed by atoms with Crippen molar-refractivity contribution < 1.29 is 9.26 Å². The SMILES string of the molecule is CO/N=C1/CC[C@H]2[C@@H]3CC[C@H]4C[C@H](O[Si](C)(C)C)CC[C@]4(C)C3=CC[C@]12C. The van der Waals surface area contributed by atoms with Crippen molar-refractivity contribution in [3.63, 3.8) is 0 Å². The highest BCUT2D eigenvalue weighted by Gasteiger charge is 2.56. The van der Waals surface area contributed by atoms with Gasteiger partial charge in [-0.1, -0.05) is 30.7 Å². The number of fused-ring (bicyclic) bond motifs is 5. The molecule has 4 heteroatoms. The predicted molar refractivity (Wildman–Crippen MR) is 114 cm³/mol. The minimum absolute atomic E-state index is 0.228. The highest BCUT2D eigenvalue weighted by atomic mass is 28.4. The molecule has 0 bridgehead atoms. The molecule has 0 aliphatic heterocycles. The van der Waals surface area contributed by atoms with Crippen LogP contribution in [0.5, 0.6) is 0 Å². The number of allylic oxidation sites excluding steroid dienone is 2. The summed E-state index contributed by atoms with van der Waals surface area (Å²) in [6.07, 6.45) is 13.3. The van der Waals surface area contributed by atoms with E-state index in [4.69, 9.17) is 9.26 Å². The zero-order valence-electron chi connectivity index (χ0n) is 18.3. The smallest absolute Gasteiger partial charge is 0.184 e. The molecule has 0 unspecified atom stereocenters. The zero-order valence-corrected chi connectivity index (χ0v) is 19.3. The molecule has 0 aromatic carbocycles. The van der Waals surface area contributed by atoms with E-state index >= 15 is 0 Å². The van der Waals surface area contributed by atoms with Crippen molar-refractivity contribution in [2.24, 2.45) is 33.7 Å².